The van der Waals surface area contributed by atoms with Gasteiger partial charge in [-0.15, -0.1) is 0 Å². The molecule has 3 aromatic carbocycles. The molecule has 4 aromatic rings. The number of nitriles is 1. The molecule has 1 N–H and O–H groups in total. The zero-order valence-electron chi connectivity index (χ0n) is 21.9. The minimum Gasteiger partial charge on any atom is -0.393 e. The first kappa shape index (κ1) is 27.6. The number of carbonyl (C=O) groups excluding carboxylic acids is 2. The van der Waals surface area contributed by atoms with Gasteiger partial charge in [-0.1, -0.05) is 71.4 Å². The number of nitrogens with zero attached hydrogens (tertiary/aromatic N) is 2. The molecule has 1 amide bonds. The van der Waals surface area contributed by atoms with Crippen molar-refractivity contribution in [3.63, 3.8) is 0 Å². The van der Waals surface area contributed by atoms with Crippen molar-refractivity contribution in [3.8, 4) is 23.3 Å². The van der Waals surface area contributed by atoms with Gasteiger partial charge in [0.25, 0.3) is 0 Å². The molecule has 0 aliphatic heterocycles. The molecular formula is C31H28ClN3O4. The van der Waals surface area contributed by atoms with Gasteiger partial charge in [-0.2, -0.15) is 5.26 Å². The molecule has 1 heterocycles. The quantitative estimate of drug-likeness (QED) is 0.239. The number of hydrogen-bond acceptors (Lipinski definition) is 6. The van der Waals surface area contributed by atoms with Crippen LogP contribution in [0.15, 0.2) is 83.4 Å². The van der Waals surface area contributed by atoms with Crippen LogP contribution >= 0.6 is 11.6 Å². The van der Waals surface area contributed by atoms with Crippen LogP contribution in [0.4, 0.5) is 0 Å². The number of amides is 1. The molecule has 4 rings (SSSR count). The predicted molar refractivity (Wildman–Crippen MR) is 148 cm³/mol. The average Bonchev–Trinajstić information content (AvgIpc) is 3.38. The van der Waals surface area contributed by atoms with Crippen LogP contribution in [0.5, 0.6) is 5.95 Å². The van der Waals surface area contributed by atoms with Gasteiger partial charge in [0.1, 0.15) is 5.69 Å². The van der Waals surface area contributed by atoms with E-state index in [0.717, 1.165) is 16.7 Å². The zero-order chi connectivity index (χ0) is 28.0. The third kappa shape index (κ3) is 6.19. The lowest BCUT2D eigenvalue weighted by Crippen LogP contribution is -2.46. The van der Waals surface area contributed by atoms with E-state index in [4.69, 9.17) is 20.9 Å². The third-order valence-electron chi connectivity index (χ3n) is 6.83. The first-order chi connectivity index (χ1) is 18.7. The Kier molecular flexibility index (Phi) is 8.48. The number of benzene rings is 3. The van der Waals surface area contributed by atoms with E-state index < -0.39 is 5.41 Å². The molecule has 0 aliphatic rings. The number of rotatable bonds is 10. The summed E-state index contributed by atoms with van der Waals surface area (Å²) in [5.41, 5.74) is 2.83. The normalized spacial score (nSPS) is 12.7. The highest BCUT2D eigenvalue weighted by Gasteiger charge is 2.40. The minimum absolute atomic E-state index is 0.129. The van der Waals surface area contributed by atoms with E-state index in [2.05, 4.69) is 16.5 Å². The van der Waals surface area contributed by atoms with E-state index >= 15 is 0 Å². The van der Waals surface area contributed by atoms with Gasteiger partial charge in [-0.05, 0) is 62.6 Å². The third-order valence-corrected chi connectivity index (χ3v) is 7.08. The molecular weight excluding hydrogens is 514 g/mol. The van der Waals surface area contributed by atoms with Gasteiger partial charge in [-0.25, -0.2) is 0 Å². The van der Waals surface area contributed by atoms with Gasteiger partial charge >= 0.3 is 12.4 Å². The van der Waals surface area contributed by atoms with E-state index in [9.17, 15) is 14.9 Å². The van der Waals surface area contributed by atoms with Crippen LogP contribution in [0.25, 0.3) is 11.3 Å². The smallest absolute Gasteiger partial charge is 0.323 e. The van der Waals surface area contributed by atoms with Gasteiger partial charge in [0.05, 0.1) is 22.6 Å². The Balaban J connectivity index is 1.67. The number of aromatic nitrogens is 1. The fourth-order valence-electron chi connectivity index (χ4n) is 4.64. The number of hydrogen-bond donors (Lipinski definition) is 1. The van der Waals surface area contributed by atoms with E-state index in [-0.39, 0.29) is 30.3 Å². The SMILES string of the molecule is C[C@H](NC(=O)C(C)(C)c1c(-c2ccccc2)noc1OC=O)[C@@H](Cc1ccc(Cl)cc1)c1cccc(C#N)c1. The maximum absolute atomic E-state index is 13.9. The summed E-state index contributed by atoms with van der Waals surface area (Å²) in [5, 5.41) is 17.4. The van der Waals surface area contributed by atoms with Crippen molar-refractivity contribution < 1.29 is 18.8 Å². The minimum atomic E-state index is -1.18. The van der Waals surface area contributed by atoms with Crippen LogP contribution in [0.3, 0.4) is 0 Å². The van der Waals surface area contributed by atoms with Crippen LogP contribution in [-0.2, 0) is 21.4 Å². The summed E-state index contributed by atoms with van der Waals surface area (Å²) < 4.78 is 10.4. The summed E-state index contributed by atoms with van der Waals surface area (Å²) in [6.45, 7) is 5.65. The standard InChI is InChI=1S/C31H28ClN3O4/c1-20(26(17-21-12-14-25(32)15-13-21)24-11-7-8-22(16-24)18-33)34-30(37)31(2,3)27-28(23-9-5-4-6-10-23)35-39-29(27)38-19-36/h4-16,19-20,26H,17H2,1-3H3,(H,34,37)/t20-,26+/m0/s1. The summed E-state index contributed by atoms with van der Waals surface area (Å²) in [7, 11) is 0. The van der Waals surface area contributed by atoms with Crippen molar-refractivity contribution in [3.05, 3.63) is 106 Å². The highest BCUT2D eigenvalue weighted by atomic mass is 35.5. The second-order valence-corrected chi connectivity index (χ2v) is 10.3. The Morgan fingerprint density at radius 2 is 1.85 bits per heavy atom. The lowest BCUT2D eigenvalue weighted by molar-refractivity contribution is -0.127. The van der Waals surface area contributed by atoms with E-state index in [1.54, 1.807) is 19.9 Å². The molecule has 0 fully saturated rings. The Morgan fingerprint density at radius 3 is 2.51 bits per heavy atom. The summed E-state index contributed by atoms with van der Waals surface area (Å²) in [6, 6.07) is 26.1. The van der Waals surface area contributed by atoms with Crippen LogP contribution in [0, 0.1) is 11.3 Å². The number of carbonyl (C=O) groups is 2. The molecule has 0 unspecified atom stereocenters. The van der Waals surface area contributed by atoms with Crippen molar-refractivity contribution in [1.82, 2.24) is 10.5 Å². The van der Waals surface area contributed by atoms with Gasteiger partial charge in [0.15, 0.2) is 0 Å². The first-order valence-electron chi connectivity index (χ1n) is 12.5. The van der Waals surface area contributed by atoms with E-state index in [0.29, 0.717) is 28.3 Å². The fraction of sp³-hybridized carbons (Fsp3) is 0.226. The van der Waals surface area contributed by atoms with Crippen molar-refractivity contribution in [2.75, 3.05) is 0 Å². The van der Waals surface area contributed by atoms with Gasteiger partial charge in [0.2, 0.25) is 5.91 Å². The highest BCUT2D eigenvalue weighted by molar-refractivity contribution is 6.30. The highest BCUT2D eigenvalue weighted by Crippen LogP contribution is 2.40. The molecule has 0 aliphatic carbocycles. The second-order valence-electron chi connectivity index (χ2n) is 9.84. The van der Waals surface area contributed by atoms with Crippen molar-refractivity contribution in [2.24, 2.45) is 0 Å². The Labute approximate surface area is 232 Å². The molecule has 0 saturated heterocycles. The molecule has 2 atom stereocenters. The molecule has 0 spiro atoms. The largest absolute Gasteiger partial charge is 0.393 e. The lowest BCUT2D eigenvalue weighted by atomic mass is 9.80. The van der Waals surface area contributed by atoms with Crippen molar-refractivity contribution in [1.29, 1.82) is 5.26 Å². The molecule has 198 valence electrons. The van der Waals surface area contributed by atoms with Crippen molar-refractivity contribution in [2.45, 2.75) is 44.6 Å². The number of halogens is 1. The van der Waals surface area contributed by atoms with Crippen LogP contribution in [0.1, 0.15) is 48.9 Å². The van der Waals surface area contributed by atoms with Gasteiger partial charge in [0, 0.05) is 22.5 Å². The summed E-state index contributed by atoms with van der Waals surface area (Å²) in [4.78, 5) is 25.1. The zero-order valence-corrected chi connectivity index (χ0v) is 22.6. The molecule has 7 nitrogen and oxygen atoms in total. The predicted octanol–water partition coefficient (Wildman–Crippen LogP) is 6.21. The fourth-order valence-corrected chi connectivity index (χ4v) is 4.77. The second kappa shape index (κ2) is 12.0. The Morgan fingerprint density at radius 1 is 1.13 bits per heavy atom. The Hall–Kier alpha value is -4.41. The average molecular weight is 542 g/mol. The van der Waals surface area contributed by atoms with Crippen LogP contribution in [0.2, 0.25) is 5.02 Å². The molecule has 8 heteroatoms. The molecule has 0 radical (unpaired) electrons. The van der Waals surface area contributed by atoms with Gasteiger partial charge in [-0.3, -0.25) is 9.59 Å². The summed E-state index contributed by atoms with van der Waals surface area (Å²) >= 11 is 6.09. The monoisotopic (exact) mass is 541 g/mol. The number of ether oxygens (including phenoxy) is 1. The van der Waals surface area contributed by atoms with Crippen LogP contribution in [-0.4, -0.2) is 23.6 Å². The summed E-state index contributed by atoms with van der Waals surface area (Å²) in [5.74, 6) is -0.583. The van der Waals surface area contributed by atoms with Crippen LogP contribution < -0.4 is 10.1 Å². The molecule has 1 aromatic heterocycles. The summed E-state index contributed by atoms with van der Waals surface area (Å²) in [6.07, 6.45) is 0.607. The maximum atomic E-state index is 13.9. The Bertz CT molecular complexity index is 1490. The molecule has 0 bridgehead atoms. The topological polar surface area (TPSA) is 105 Å². The van der Waals surface area contributed by atoms with Crippen molar-refractivity contribution >= 4 is 24.0 Å². The first-order valence-corrected chi connectivity index (χ1v) is 12.8. The molecule has 0 saturated carbocycles. The van der Waals surface area contributed by atoms with Gasteiger partial charge < -0.3 is 14.6 Å². The molecule has 39 heavy (non-hydrogen) atoms. The maximum Gasteiger partial charge on any atom is 0.323 e. The number of nitrogens with one attached hydrogen (secondary N) is 1. The lowest BCUT2D eigenvalue weighted by Gasteiger charge is -2.30. The van der Waals surface area contributed by atoms with E-state index in [1.165, 1.54) is 0 Å². The van der Waals surface area contributed by atoms with E-state index in [1.807, 2.05) is 79.7 Å².